The molecule has 2 aromatic heterocycles. The van der Waals surface area contributed by atoms with E-state index in [4.69, 9.17) is 16.0 Å². The Labute approximate surface area is 150 Å². The predicted octanol–water partition coefficient (Wildman–Crippen LogP) is 4.16. The van der Waals surface area contributed by atoms with Gasteiger partial charge >= 0.3 is 0 Å². The lowest BCUT2D eigenvalue weighted by molar-refractivity contribution is 0.0955. The van der Waals surface area contributed by atoms with E-state index in [9.17, 15) is 4.79 Å². The van der Waals surface area contributed by atoms with Crippen molar-refractivity contribution in [1.82, 2.24) is 9.99 Å². The summed E-state index contributed by atoms with van der Waals surface area (Å²) in [6, 6.07) is 12.7. The van der Waals surface area contributed by atoms with Gasteiger partial charge in [-0.15, -0.1) is 0 Å². The van der Waals surface area contributed by atoms with Crippen LogP contribution in [0, 0.1) is 13.8 Å². The zero-order valence-electron chi connectivity index (χ0n) is 14.0. The number of amides is 1. The van der Waals surface area contributed by atoms with Crippen LogP contribution < -0.4 is 5.43 Å². The standard InChI is InChI=1S/C19H18ClN3O2/c1-13-10-15(14(2)23(13)12-16-6-5-9-25-16)11-21-22-19(24)17-7-3-4-8-18(17)20/h3-11H,12H2,1-2H3,(H,22,24)/b21-11-. The number of aromatic nitrogens is 1. The zero-order chi connectivity index (χ0) is 17.8. The van der Waals surface area contributed by atoms with Crippen molar-refractivity contribution in [2.24, 2.45) is 5.10 Å². The number of hydrogen-bond acceptors (Lipinski definition) is 3. The molecule has 6 heteroatoms. The fraction of sp³-hybridized carbons (Fsp3) is 0.158. The number of nitrogens with zero attached hydrogens (tertiary/aromatic N) is 2. The third-order valence-electron chi connectivity index (χ3n) is 4.00. The first-order valence-electron chi connectivity index (χ1n) is 7.83. The molecular weight excluding hydrogens is 338 g/mol. The van der Waals surface area contributed by atoms with E-state index in [1.165, 1.54) is 0 Å². The first-order valence-corrected chi connectivity index (χ1v) is 8.21. The lowest BCUT2D eigenvalue weighted by Crippen LogP contribution is -2.18. The average molecular weight is 356 g/mol. The van der Waals surface area contributed by atoms with Gasteiger partial charge in [-0.1, -0.05) is 23.7 Å². The molecule has 5 nitrogen and oxygen atoms in total. The first-order chi connectivity index (χ1) is 12.1. The first kappa shape index (κ1) is 17.0. The number of aryl methyl sites for hydroxylation is 1. The van der Waals surface area contributed by atoms with E-state index in [1.54, 1.807) is 36.7 Å². The summed E-state index contributed by atoms with van der Waals surface area (Å²) in [6.45, 7) is 4.69. The molecule has 0 saturated carbocycles. The van der Waals surface area contributed by atoms with Crippen molar-refractivity contribution in [3.63, 3.8) is 0 Å². The van der Waals surface area contributed by atoms with Crippen molar-refractivity contribution < 1.29 is 9.21 Å². The molecule has 0 unspecified atom stereocenters. The lowest BCUT2D eigenvalue weighted by Gasteiger charge is -2.07. The van der Waals surface area contributed by atoms with E-state index < -0.39 is 0 Å². The fourth-order valence-electron chi connectivity index (χ4n) is 2.63. The highest BCUT2D eigenvalue weighted by atomic mass is 35.5. The van der Waals surface area contributed by atoms with E-state index in [1.807, 2.05) is 32.0 Å². The van der Waals surface area contributed by atoms with Crippen LogP contribution in [0.3, 0.4) is 0 Å². The van der Waals surface area contributed by atoms with Crippen LogP contribution in [0.2, 0.25) is 5.02 Å². The molecule has 0 atom stereocenters. The molecule has 0 aliphatic carbocycles. The zero-order valence-corrected chi connectivity index (χ0v) is 14.7. The van der Waals surface area contributed by atoms with E-state index in [2.05, 4.69) is 15.1 Å². The monoisotopic (exact) mass is 355 g/mol. The lowest BCUT2D eigenvalue weighted by atomic mass is 10.2. The Balaban J connectivity index is 1.72. The van der Waals surface area contributed by atoms with E-state index in [0.717, 1.165) is 22.7 Å². The predicted molar refractivity (Wildman–Crippen MR) is 98.2 cm³/mol. The van der Waals surface area contributed by atoms with Gasteiger partial charge in [-0.3, -0.25) is 4.79 Å². The molecule has 0 bridgehead atoms. The number of benzene rings is 1. The quantitative estimate of drug-likeness (QED) is 0.551. The van der Waals surface area contributed by atoms with Gasteiger partial charge in [0.1, 0.15) is 5.76 Å². The van der Waals surface area contributed by atoms with Crippen molar-refractivity contribution in [1.29, 1.82) is 0 Å². The minimum Gasteiger partial charge on any atom is -0.467 e. The maximum Gasteiger partial charge on any atom is 0.272 e. The Bertz CT molecular complexity index is 911. The van der Waals surface area contributed by atoms with Gasteiger partial charge in [-0.05, 0) is 44.2 Å². The second-order valence-corrected chi connectivity index (χ2v) is 6.08. The number of furan rings is 1. The molecule has 0 spiro atoms. The highest BCUT2D eigenvalue weighted by Crippen LogP contribution is 2.16. The van der Waals surface area contributed by atoms with Gasteiger partial charge < -0.3 is 8.98 Å². The van der Waals surface area contributed by atoms with Gasteiger partial charge in [0, 0.05) is 17.0 Å². The Morgan fingerprint density at radius 2 is 2.08 bits per heavy atom. The molecule has 3 aromatic rings. The molecule has 0 saturated heterocycles. The Hall–Kier alpha value is -2.79. The van der Waals surface area contributed by atoms with Crippen LogP contribution >= 0.6 is 11.6 Å². The van der Waals surface area contributed by atoms with Crippen molar-refractivity contribution in [3.8, 4) is 0 Å². The molecule has 3 rings (SSSR count). The third kappa shape index (κ3) is 3.83. The van der Waals surface area contributed by atoms with Gasteiger partial charge in [-0.2, -0.15) is 5.10 Å². The molecule has 0 radical (unpaired) electrons. The van der Waals surface area contributed by atoms with E-state index in [-0.39, 0.29) is 5.91 Å². The Kier molecular flexibility index (Phi) is 5.05. The molecule has 2 heterocycles. The summed E-state index contributed by atoms with van der Waals surface area (Å²) in [5, 5.41) is 4.45. The van der Waals surface area contributed by atoms with Crippen molar-refractivity contribution in [2.75, 3.05) is 0 Å². The van der Waals surface area contributed by atoms with Gasteiger partial charge in [-0.25, -0.2) is 5.43 Å². The Morgan fingerprint density at radius 3 is 2.80 bits per heavy atom. The van der Waals surface area contributed by atoms with E-state index >= 15 is 0 Å². The van der Waals surface area contributed by atoms with Gasteiger partial charge in [0.2, 0.25) is 0 Å². The Morgan fingerprint density at radius 1 is 1.28 bits per heavy atom. The van der Waals surface area contributed by atoms with Crippen molar-refractivity contribution in [3.05, 3.63) is 82.0 Å². The molecular formula is C19H18ClN3O2. The summed E-state index contributed by atoms with van der Waals surface area (Å²) in [5.41, 5.74) is 5.97. The number of rotatable bonds is 5. The maximum absolute atomic E-state index is 12.1. The molecule has 25 heavy (non-hydrogen) atoms. The van der Waals surface area contributed by atoms with Crippen LogP contribution in [-0.2, 0) is 6.54 Å². The number of halogens is 1. The molecule has 1 amide bonds. The van der Waals surface area contributed by atoms with Crippen LogP contribution in [0.1, 0.15) is 33.1 Å². The third-order valence-corrected chi connectivity index (χ3v) is 4.32. The second-order valence-electron chi connectivity index (χ2n) is 5.67. The molecule has 1 aromatic carbocycles. The molecule has 0 aliphatic heterocycles. The number of hydrogen-bond donors (Lipinski definition) is 1. The van der Waals surface area contributed by atoms with Crippen LogP contribution in [0.5, 0.6) is 0 Å². The highest BCUT2D eigenvalue weighted by molar-refractivity contribution is 6.33. The highest BCUT2D eigenvalue weighted by Gasteiger charge is 2.10. The topological polar surface area (TPSA) is 59.5 Å². The maximum atomic E-state index is 12.1. The summed E-state index contributed by atoms with van der Waals surface area (Å²) in [5.74, 6) is 0.545. The SMILES string of the molecule is Cc1cc(/C=N\NC(=O)c2ccccc2Cl)c(C)n1Cc1ccco1. The summed E-state index contributed by atoms with van der Waals surface area (Å²) in [6.07, 6.45) is 3.30. The fourth-order valence-corrected chi connectivity index (χ4v) is 2.85. The minimum absolute atomic E-state index is 0.341. The number of carbonyl (C=O) groups excluding carboxylic acids is 1. The average Bonchev–Trinajstić information content (AvgIpc) is 3.19. The smallest absolute Gasteiger partial charge is 0.272 e. The van der Waals surface area contributed by atoms with Crippen molar-refractivity contribution in [2.45, 2.75) is 20.4 Å². The van der Waals surface area contributed by atoms with Crippen LogP contribution in [0.25, 0.3) is 0 Å². The number of carbonyl (C=O) groups is 1. The molecule has 0 aliphatic rings. The summed E-state index contributed by atoms with van der Waals surface area (Å²) in [7, 11) is 0. The summed E-state index contributed by atoms with van der Waals surface area (Å²) >= 11 is 6.01. The molecule has 1 N–H and O–H groups in total. The normalized spacial score (nSPS) is 11.2. The van der Waals surface area contributed by atoms with Gasteiger partial charge in [0.05, 0.1) is 29.6 Å². The number of hydrazone groups is 1. The van der Waals surface area contributed by atoms with Crippen LogP contribution in [-0.4, -0.2) is 16.7 Å². The van der Waals surface area contributed by atoms with Crippen LogP contribution in [0.4, 0.5) is 0 Å². The van der Waals surface area contributed by atoms with E-state index in [0.29, 0.717) is 17.1 Å². The second kappa shape index (κ2) is 7.40. The number of nitrogens with one attached hydrogen (secondary N) is 1. The van der Waals surface area contributed by atoms with Gasteiger partial charge in [0.15, 0.2) is 0 Å². The summed E-state index contributed by atoms with van der Waals surface area (Å²) in [4.78, 5) is 12.1. The van der Waals surface area contributed by atoms with Crippen molar-refractivity contribution >= 4 is 23.7 Å². The van der Waals surface area contributed by atoms with Crippen LogP contribution in [0.15, 0.2) is 58.2 Å². The van der Waals surface area contributed by atoms with Gasteiger partial charge in [0.25, 0.3) is 5.91 Å². The largest absolute Gasteiger partial charge is 0.467 e. The molecule has 0 fully saturated rings. The minimum atomic E-state index is -0.341. The molecule has 128 valence electrons. The summed E-state index contributed by atoms with van der Waals surface area (Å²) < 4.78 is 7.54.